The summed E-state index contributed by atoms with van der Waals surface area (Å²) in [5.41, 5.74) is 4.90. The Bertz CT molecular complexity index is 1840. The van der Waals surface area contributed by atoms with Crippen molar-refractivity contribution < 1.29 is 9.15 Å². The molecule has 0 amide bonds. The van der Waals surface area contributed by atoms with Crippen LogP contribution in [0.3, 0.4) is 0 Å². The number of ether oxygens (including phenoxy) is 1. The molecule has 0 saturated carbocycles. The van der Waals surface area contributed by atoms with Crippen molar-refractivity contribution in [1.82, 2.24) is 4.57 Å². The summed E-state index contributed by atoms with van der Waals surface area (Å²) >= 11 is 3.51. The van der Waals surface area contributed by atoms with Crippen LogP contribution in [0.5, 0.6) is 5.75 Å². The number of nitrogens with zero attached hydrogens (tertiary/aromatic N) is 1. The Hall–Kier alpha value is -4.13. The number of hydrogen-bond donors (Lipinski definition) is 0. The highest BCUT2D eigenvalue weighted by Gasteiger charge is 2.14. The van der Waals surface area contributed by atoms with Crippen LogP contribution in [-0.2, 0) is 6.54 Å². The predicted molar refractivity (Wildman–Crippen MR) is 154 cm³/mol. The molecular weight excluding hydrogens is 498 g/mol. The van der Waals surface area contributed by atoms with Gasteiger partial charge in [-0.1, -0.05) is 36.4 Å². The summed E-state index contributed by atoms with van der Waals surface area (Å²) in [5, 5.41) is 7.48. The quantitative estimate of drug-likeness (QED) is 0.207. The number of aromatic nitrogens is 1. The van der Waals surface area contributed by atoms with Gasteiger partial charge >= 0.3 is 5.63 Å². The topological polar surface area (TPSA) is 44.4 Å². The first-order valence-corrected chi connectivity index (χ1v) is 13.8. The van der Waals surface area contributed by atoms with Crippen LogP contribution in [0.1, 0.15) is 0 Å². The molecule has 6 heteroatoms. The molecule has 0 spiro atoms. The maximum Gasteiger partial charge on any atom is 0.339 e. The van der Waals surface area contributed by atoms with E-state index in [1.165, 1.54) is 48.8 Å². The van der Waals surface area contributed by atoms with Crippen molar-refractivity contribution >= 4 is 55.4 Å². The average molecular weight is 520 g/mol. The van der Waals surface area contributed by atoms with Crippen molar-refractivity contribution in [3.63, 3.8) is 0 Å². The minimum Gasteiger partial charge on any atom is -0.491 e. The highest BCUT2D eigenvalue weighted by Crippen LogP contribution is 2.37. The zero-order valence-electron chi connectivity index (χ0n) is 19.7. The maximum absolute atomic E-state index is 12.1. The van der Waals surface area contributed by atoms with Crippen molar-refractivity contribution in [1.29, 1.82) is 0 Å². The van der Waals surface area contributed by atoms with E-state index in [0.29, 0.717) is 24.5 Å². The monoisotopic (exact) mass is 519 g/mol. The molecule has 4 nitrogen and oxygen atoms in total. The Labute approximate surface area is 220 Å². The van der Waals surface area contributed by atoms with E-state index in [1.807, 2.05) is 18.2 Å². The number of rotatable bonds is 6. The van der Waals surface area contributed by atoms with E-state index in [2.05, 4.69) is 76.0 Å². The number of benzene rings is 3. The predicted octanol–water partition coefficient (Wildman–Crippen LogP) is 8.44. The fourth-order valence-corrected chi connectivity index (χ4v) is 6.43. The van der Waals surface area contributed by atoms with Gasteiger partial charge in [0.2, 0.25) is 0 Å². The van der Waals surface area contributed by atoms with Crippen LogP contribution in [0, 0.1) is 0 Å². The van der Waals surface area contributed by atoms with Crippen molar-refractivity contribution in [2.75, 3.05) is 6.61 Å². The highest BCUT2D eigenvalue weighted by atomic mass is 32.1. The minimum atomic E-state index is -0.409. The Balaban J connectivity index is 1.31. The van der Waals surface area contributed by atoms with E-state index in [9.17, 15) is 4.79 Å². The zero-order valence-corrected chi connectivity index (χ0v) is 21.4. The third-order valence-electron chi connectivity index (χ3n) is 6.66. The van der Waals surface area contributed by atoms with Crippen molar-refractivity contribution in [3.8, 4) is 26.6 Å². The van der Waals surface area contributed by atoms with Gasteiger partial charge in [0.1, 0.15) is 17.9 Å². The lowest BCUT2D eigenvalue weighted by atomic mass is 10.1. The third kappa shape index (κ3) is 3.95. The van der Waals surface area contributed by atoms with E-state index in [1.54, 1.807) is 28.7 Å². The molecule has 0 bridgehead atoms. The molecule has 0 fully saturated rings. The van der Waals surface area contributed by atoms with E-state index < -0.39 is 5.63 Å². The van der Waals surface area contributed by atoms with Gasteiger partial charge in [-0.3, -0.25) is 0 Å². The van der Waals surface area contributed by atoms with E-state index in [-0.39, 0.29) is 0 Å². The normalized spacial score (nSPS) is 11.6. The van der Waals surface area contributed by atoms with Gasteiger partial charge in [-0.15, -0.1) is 22.7 Å². The van der Waals surface area contributed by atoms with Crippen LogP contribution in [0.2, 0.25) is 0 Å². The van der Waals surface area contributed by atoms with Gasteiger partial charge in [0.05, 0.1) is 18.0 Å². The van der Waals surface area contributed by atoms with Crippen LogP contribution >= 0.6 is 22.7 Å². The van der Waals surface area contributed by atoms with Gasteiger partial charge in [0, 0.05) is 31.6 Å². The number of fused-ring (bicyclic) bond motifs is 4. The molecule has 0 saturated heterocycles. The summed E-state index contributed by atoms with van der Waals surface area (Å²) in [5.74, 6) is 0.549. The molecule has 0 aliphatic heterocycles. The van der Waals surface area contributed by atoms with Crippen LogP contribution in [0.15, 0.2) is 111 Å². The van der Waals surface area contributed by atoms with Gasteiger partial charge in [-0.25, -0.2) is 4.79 Å². The lowest BCUT2D eigenvalue weighted by Crippen LogP contribution is -2.09. The molecule has 7 aromatic rings. The fraction of sp³-hybridized carbons (Fsp3) is 0.0645. The van der Waals surface area contributed by atoms with E-state index >= 15 is 0 Å². The maximum atomic E-state index is 12.1. The van der Waals surface area contributed by atoms with Crippen LogP contribution in [0.25, 0.3) is 53.7 Å². The summed E-state index contributed by atoms with van der Waals surface area (Å²) in [6.07, 6.45) is 0. The second kappa shape index (κ2) is 9.07. The lowest BCUT2D eigenvalue weighted by Gasteiger charge is -2.11. The molecule has 4 heterocycles. The van der Waals surface area contributed by atoms with Gasteiger partial charge in [-0.05, 0) is 70.4 Å². The molecule has 0 atom stereocenters. The number of para-hydroxylation sites is 1. The molecule has 0 unspecified atom stereocenters. The zero-order chi connectivity index (χ0) is 24.8. The van der Waals surface area contributed by atoms with Crippen LogP contribution < -0.4 is 10.4 Å². The van der Waals surface area contributed by atoms with Crippen molar-refractivity contribution in [3.05, 3.63) is 112 Å². The molecule has 7 rings (SSSR count). The van der Waals surface area contributed by atoms with E-state index in [4.69, 9.17) is 9.15 Å². The molecule has 0 aliphatic carbocycles. The molecule has 37 heavy (non-hydrogen) atoms. The van der Waals surface area contributed by atoms with Gasteiger partial charge in [0.15, 0.2) is 0 Å². The Kier molecular flexibility index (Phi) is 5.42. The molecule has 0 aliphatic rings. The smallest absolute Gasteiger partial charge is 0.339 e. The first kappa shape index (κ1) is 22.1. The molecule has 3 aromatic carbocycles. The summed E-state index contributed by atoms with van der Waals surface area (Å²) in [6, 6.07) is 30.8. The van der Waals surface area contributed by atoms with Crippen LogP contribution in [-0.4, -0.2) is 11.2 Å². The standard InChI is InChI=1S/C31H21NO3S2/c33-31-19-28(22-5-1-2-6-27(22)35-31)34-14-13-32-25-11-9-20(29-7-3-15-36-29)17-23(25)24-18-21(10-12-26(24)32)30-8-4-16-37-30/h1-12,15-19H,13-14H2. The molecule has 0 N–H and O–H groups in total. The summed E-state index contributed by atoms with van der Waals surface area (Å²) in [6.45, 7) is 1.07. The van der Waals surface area contributed by atoms with Gasteiger partial charge in [0.25, 0.3) is 0 Å². The summed E-state index contributed by atoms with van der Waals surface area (Å²) < 4.78 is 13.8. The average Bonchev–Trinajstić information content (AvgIpc) is 3.70. The Morgan fingerprint density at radius 1 is 0.703 bits per heavy atom. The fourth-order valence-electron chi connectivity index (χ4n) is 4.99. The van der Waals surface area contributed by atoms with E-state index in [0.717, 1.165) is 5.39 Å². The first-order chi connectivity index (χ1) is 18.2. The third-order valence-corrected chi connectivity index (χ3v) is 8.50. The summed E-state index contributed by atoms with van der Waals surface area (Å²) in [4.78, 5) is 14.6. The number of thiophene rings is 2. The first-order valence-electron chi connectivity index (χ1n) is 12.0. The van der Waals surface area contributed by atoms with Crippen molar-refractivity contribution in [2.45, 2.75) is 6.54 Å². The molecule has 4 aromatic heterocycles. The van der Waals surface area contributed by atoms with Gasteiger partial charge < -0.3 is 13.7 Å². The molecule has 180 valence electrons. The second-order valence-electron chi connectivity index (χ2n) is 8.84. The summed E-state index contributed by atoms with van der Waals surface area (Å²) in [7, 11) is 0. The highest BCUT2D eigenvalue weighted by molar-refractivity contribution is 7.13. The molecular formula is C31H21NO3S2. The Morgan fingerprint density at radius 3 is 1.97 bits per heavy atom. The van der Waals surface area contributed by atoms with Crippen molar-refractivity contribution in [2.24, 2.45) is 0 Å². The Morgan fingerprint density at radius 2 is 1.35 bits per heavy atom. The largest absolute Gasteiger partial charge is 0.491 e. The van der Waals surface area contributed by atoms with Crippen LogP contribution in [0.4, 0.5) is 0 Å². The minimum absolute atomic E-state index is 0.409. The van der Waals surface area contributed by atoms with Gasteiger partial charge in [-0.2, -0.15) is 0 Å². The lowest BCUT2D eigenvalue weighted by molar-refractivity contribution is 0.303. The second-order valence-corrected chi connectivity index (χ2v) is 10.7. The number of hydrogen-bond acceptors (Lipinski definition) is 5. The molecule has 0 radical (unpaired) electrons. The SMILES string of the molecule is O=c1cc(OCCn2c3ccc(-c4cccs4)cc3c3cc(-c4cccs4)ccc32)c2ccccc2o1.